The average Bonchev–Trinajstić information content (AvgIpc) is 2.16. The number of nitrogens with two attached hydrogens (primary N) is 1. The first-order valence-electron chi connectivity index (χ1n) is 6.75. The van der Waals surface area contributed by atoms with Crippen molar-refractivity contribution >= 4 is 11.5 Å². The normalized spacial score (nSPS) is 22.7. The Labute approximate surface area is 110 Å². The summed E-state index contributed by atoms with van der Waals surface area (Å²) in [5.74, 6) is 0.596. The Kier molecular flexibility index (Phi) is 3.26. The lowest BCUT2D eigenvalue weighted by atomic mass is 9.63. The summed E-state index contributed by atoms with van der Waals surface area (Å²) < 4.78 is 0. The zero-order chi connectivity index (χ0) is 13.4. The van der Waals surface area contributed by atoms with Crippen molar-refractivity contribution in [3.8, 4) is 0 Å². The summed E-state index contributed by atoms with van der Waals surface area (Å²) in [6, 6.07) is 4.42. The van der Waals surface area contributed by atoms with Crippen LogP contribution in [0.2, 0.25) is 0 Å². The van der Waals surface area contributed by atoms with Crippen LogP contribution in [0.3, 0.4) is 0 Å². The number of nitrogen functional groups attached to an aromatic ring is 1. The number of hydrogen-bond acceptors (Lipinski definition) is 3. The van der Waals surface area contributed by atoms with Gasteiger partial charge in [-0.25, -0.2) is 4.98 Å². The molecule has 3 nitrogen and oxygen atoms in total. The van der Waals surface area contributed by atoms with Crippen LogP contribution in [0.25, 0.3) is 0 Å². The number of aromatic nitrogens is 1. The zero-order valence-electron chi connectivity index (χ0n) is 12.0. The molecule has 0 spiro atoms. The largest absolute Gasteiger partial charge is 0.382 e. The van der Waals surface area contributed by atoms with Crippen LogP contribution in [0, 0.1) is 10.8 Å². The standard InChI is InChI=1S/C15H25N3/c1-14(2)8-11(9-15(3,4)10-14)18-12-6-5-7-17-13(12)16/h5-7,11,18H,8-10H2,1-4H3,(H2,16,17). The van der Waals surface area contributed by atoms with E-state index >= 15 is 0 Å². The summed E-state index contributed by atoms with van der Waals surface area (Å²) in [5.41, 5.74) is 7.64. The molecule has 100 valence electrons. The lowest BCUT2D eigenvalue weighted by molar-refractivity contribution is 0.105. The second-order valence-corrected chi connectivity index (χ2v) is 7.19. The van der Waals surface area contributed by atoms with Gasteiger partial charge in [-0.15, -0.1) is 0 Å². The number of nitrogens with one attached hydrogen (secondary N) is 1. The predicted molar refractivity (Wildman–Crippen MR) is 77.5 cm³/mol. The number of nitrogens with zero attached hydrogens (tertiary/aromatic N) is 1. The van der Waals surface area contributed by atoms with Gasteiger partial charge in [0.05, 0.1) is 5.69 Å². The van der Waals surface area contributed by atoms with Crippen molar-refractivity contribution in [2.75, 3.05) is 11.1 Å². The Morgan fingerprint density at radius 1 is 1.22 bits per heavy atom. The molecule has 1 aliphatic carbocycles. The highest BCUT2D eigenvalue weighted by Gasteiger charge is 2.38. The second kappa shape index (κ2) is 4.45. The fourth-order valence-corrected chi connectivity index (χ4v) is 3.71. The monoisotopic (exact) mass is 247 g/mol. The maximum atomic E-state index is 5.90. The van der Waals surface area contributed by atoms with Crippen molar-refractivity contribution in [3.05, 3.63) is 18.3 Å². The summed E-state index contributed by atoms with van der Waals surface area (Å²) in [7, 11) is 0. The van der Waals surface area contributed by atoms with Crippen molar-refractivity contribution in [1.29, 1.82) is 0 Å². The Morgan fingerprint density at radius 2 is 1.83 bits per heavy atom. The van der Waals surface area contributed by atoms with Gasteiger partial charge in [0.25, 0.3) is 0 Å². The molecule has 0 atom stereocenters. The van der Waals surface area contributed by atoms with Gasteiger partial charge in [-0.2, -0.15) is 0 Å². The number of pyridine rings is 1. The quantitative estimate of drug-likeness (QED) is 0.838. The van der Waals surface area contributed by atoms with Crippen LogP contribution >= 0.6 is 0 Å². The summed E-state index contributed by atoms with van der Waals surface area (Å²) >= 11 is 0. The Hall–Kier alpha value is -1.25. The smallest absolute Gasteiger partial charge is 0.146 e. The van der Waals surface area contributed by atoms with E-state index in [4.69, 9.17) is 5.73 Å². The van der Waals surface area contributed by atoms with Gasteiger partial charge >= 0.3 is 0 Å². The lowest BCUT2D eigenvalue weighted by Crippen LogP contribution is -2.40. The van der Waals surface area contributed by atoms with Crippen molar-refractivity contribution in [1.82, 2.24) is 4.98 Å². The van der Waals surface area contributed by atoms with Gasteiger partial charge in [0.1, 0.15) is 5.82 Å². The van der Waals surface area contributed by atoms with E-state index in [1.54, 1.807) is 6.20 Å². The van der Waals surface area contributed by atoms with Gasteiger partial charge in [-0.05, 0) is 42.2 Å². The van der Waals surface area contributed by atoms with E-state index in [9.17, 15) is 0 Å². The molecule has 1 fully saturated rings. The predicted octanol–water partition coefficient (Wildman–Crippen LogP) is 3.68. The summed E-state index contributed by atoms with van der Waals surface area (Å²) in [6.07, 6.45) is 5.38. The second-order valence-electron chi connectivity index (χ2n) is 7.19. The third-order valence-corrected chi connectivity index (χ3v) is 3.75. The Bertz CT molecular complexity index is 408. The Balaban J connectivity index is 2.12. The highest BCUT2D eigenvalue weighted by Crippen LogP contribution is 2.46. The molecule has 1 saturated carbocycles. The molecule has 0 aromatic carbocycles. The highest BCUT2D eigenvalue weighted by atomic mass is 15.0. The molecule has 0 saturated heterocycles. The third kappa shape index (κ3) is 3.15. The molecule has 0 amide bonds. The van der Waals surface area contributed by atoms with E-state index in [-0.39, 0.29) is 0 Å². The van der Waals surface area contributed by atoms with Crippen LogP contribution in [-0.4, -0.2) is 11.0 Å². The van der Waals surface area contributed by atoms with Crippen LogP contribution in [0.4, 0.5) is 11.5 Å². The first-order chi connectivity index (χ1) is 8.27. The molecule has 1 aromatic heterocycles. The van der Waals surface area contributed by atoms with Gasteiger partial charge in [-0.1, -0.05) is 27.7 Å². The minimum absolute atomic E-state index is 0.385. The molecule has 0 radical (unpaired) electrons. The summed E-state index contributed by atoms with van der Waals surface area (Å²) in [5, 5.41) is 3.57. The molecule has 0 bridgehead atoms. The average molecular weight is 247 g/mol. The van der Waals surface area contributed by atoms with Crippen LogP contribution in [-0.2, 0) is 0 Å². The lowest BCUT2D eigenvalue weighted by Gasteiger charge is -2.45. The van der Waals surface area contributed by atoms with Gasteiger partial charge in [0.2, 0.25) is 0 Å². The number of rotatable bonds is 2. The minimum Gasteiger partial charge on any atom is -0.382 e. The van der Waals surface area contributed by atoms with E-state index in [0.717, 1.165) is 5.69 Å². The molecule has 1 aliphatic rings. The van der Waals surface area contributed by atoms with Crippen LogP contribution in [0.1, 0.15) is 47.0 Å². The van der Waals surface area contributed by atoms with E-state index in [1.165, 1.54) is 19.3 Å². The molecule has 0 unspecified atom stereocenters. The van der Waals surface area contributed by atoms with Gasteiger partial charge in [0, 0.05) is 12.2 Å². The van der Waals surface area contributed by atoms with E-state index in [0.29, 0.717) is 22.7 Å². The van der Waals surface area contributed by atoms with E-state index < -0.39 is 0 Å². The molecule has 18 heavy (non-hydrogen) atoms. The maximum absolute atomic E-state index is 5.90. The van der Waals surface area contributed by atoms with E-state index in [2.05, 4.69) is 38.0 Å². The van der Waals surface area contributed by atoms with E-state index in [1.807, 2.05) is 12.1 Å². The van der Waals surface area contributed by atoms with Crippen molar-refractivity contribution in [2.24, 2.45) is 10.8 Å². The molecule has 1 heterocycles. The SMILES string of the molecule is CC1(C)CC(Nc2cccnc2N)CC(C)(C)C1. The molecule has 3 heteroatoms. The van der Waals surface area contributed by atoms with Gasteiger partial charge < -0.3 is 11.1 Å². The van der Waals surface area contributed by atoms with Crippen molar-refractivity contribution < 1.29 is 0 Å². The minimum atomic E-state index is 0.385. The molecular formula is C15H25N3. The molecule has 0 aliphatic heterocycles. The molecule has 2 rings (SSSR count). The van der Waals surface area contributed by atoms with Gasteiger partial charge in [0.15, 0.2) is 0 Å². The topological polar surface area (TPSA) is 50.9 Å². The molecular weight excluding hydrogens is 222 g/mol. The molecule has 3 N–H and O–H groups in total. The number of hydrogen-bond donors (Lipinski definition) is 2. The first kappa shape index (κ1) is 13.2. The van der Waals surface area contributed by atoms with Gasteiger partial charge in [-0.3, -0.25) is 0 Å². The van der Waals surface area contributed by atoms with Crippen molar-refractivity contribution in [2.45, 2.75) is 53.0 Å². The fraction of sp³-hybridized carbons (Fsp3) is 0.667. The maximum Gasteiger partial charge on any atom is 0.146 e. The van der Waals surface area contributed by atoms with Crippen LogP contribution in [0.5, 0.6) is 0 Å². The summed E-state index contributed by atoms with van der Waals surface area (Å²) in [4.78, 5) is 4.13. The first-order valence-corrected chi connectivity index (χ1v) is 6.75. The zero-order valence-corrected chi connectivity index (χ0v) is 12.0. The highest BCUT2D eigenvalue weighted by molar-refractivity contribution is 5.61. The van der Waals surface area contributed by atoms with Crippen LogP contribution in [0.15, 0.2) is 18.3 Å². The fourth-order valence-electron chi connectivity index (χ4n) is 3.71. The number of anilines is 2. The third-order valence-electron chi connectivity index (χ3n) is 3.75. The Morgan fingerprint density at radius 3 is 2.39 bits per heavy atom. The summed E-state index contributed by atoms with van der Waals surface area (Å²) in [6.45, 7) is 9.43. The van der Waals surface area contributed by atoms with Crippen molar-refractivity contribution in [3.63, 3.8) is 0 Å². The van der Waals surface area contributed by atoms with Crippen LogP contribution < -0.4 is 11.1 Å². The molecule has 1 aromatic rings.